The third-order valence-corrected chi connectivity index (χ3v) is 7.47. The maximum Gasteiger partial charge on any atom is 0.416 e. The predicted molar refractivity (Wildman–Crippen MR) is 142 cm³/mol. The minimum Gasteiger partial charge on any atom is -0.345 e. The van der Waals surface area contributed by atoms with Crippen LogP contribution in [0.25, 0.3) is 5.69 Å². The maximum absolute atomic E-state index is 14.2. The van der Waals surface area contributed by atoms with Crippen molar-refractivity contribution in [3.8, 4) is 5.69 Å². The summed E-state index contributed by atoms with van der Waals surface area (Å²) in [6.07, 6.45) is -3.88. The van der Waals surface area contributed by atoms with Gasteiger partial charge < -0.3 is 10.2 Å². The zero-order valence-corrected chi connectivity index (χ0v) is 22.2. The molecule has 2 heterocycles. The van der Waals surface area contributed by atoms with Crippen molar-refractivity contribution in [1.82, 2.24) is 20.1 Å². The molecule has 0 radical (unpaired) electrons. The van der Waals surface area contributed by atoms with E-state index < -0.39 is 23.5 Å². The number of amides is 2. The Bertz CT molecular complexity index is 1570. The van der Waals surface area contributed by atoms with E-state index in [-0.39, 0.29) is 45.5 Å². The monoisotopic (exact) mass is 589 g/mol. The van der Waals surface area contributed by atoms with Crippen LogP contribution in [0.1, 0.15) is 27.3 Å². The van der Waals surface area contributed by atoms with Gasteiger partial charge in [-0.2, -0.15) is 13.2 Å². The van der Waals surface area contributed by atoms with E-state index >= 15 is 0 Å². The Kier molecular flexibility index (Phi) is 7.81. The lowest BCUT2D eigenvalue weighted by atomic mass is 10.2. The van der Waals surface area contributed by atoms with Crippen molar-refractivity contribution in [2.24, 2.45) is 0 Å². The number of benzene rings is 3. The molecule has 1 aliphatic heterocycles. The molecule has 2 amide bonds. The zero-order chi connectivity index (χ0) is 28.4. The molecular weight excluding hydrogens is 570 g/mol. The van der Waals surface area contributed by atoms with Crippen molar-refractivity contribution in [1.29, 1.82) is 0 Å². The minimum absolute atomic E-state index is 0.0530. The molecule has 0 saturated heterocycles. The summed E-state index contributed by atoms with van der Waals surface area (Å²) in [5, 5.41) is 10.7. The number of para-hydroxylation sites is 1. The molecule has 1 aliphatic rings. The highest BCUT2D eigenvalue weighted by Crippen LogP contribution is 2.33. The van der Waals surface area contributed by atoms with Crippen LogP contribution in [0.3, 0.4) is 0 Å². The maximum atomic E-state index is 14.2. The molecule has 0 unspecified atom stereocenters. The van der Waals surface area contributed by atoms with Crippen LogP contribution in [0.2, 0.25) is 5.02 Å². The highest BCUT2D eigenvalue weighted by atomic mass is 35.5. The molecule has 40 heavy (non-hydrogen) atoms. The standard InChI is InChI=1S/C27H20ClF4N5O2S/c28-19-8-4-9-20(29)24(19)25(39)33-14-22-34-35-26(37(22)18-7-3-6-17(13-18)27(30,31)32)40-15-23(38)36-12-11-16-5-1-2-10-21(16)36/h1-10,13H,11-12,14-15H2,(H,33,39). The molecule has 13 heteroatoms. The normalized spacial score (nSPS) is 12.9. The third-order valence-electron chi connectivity index (χ3n) is 6.24. The van der Waals surface area contributed by atoms with Crippen LogP contribution in [-0.2, 0) is 23.9 Å². The SMILES string of the molecule is O=C(NCc1nnc(SCC(=O)N2CCc3ccccc32)n1-c1cccc(C(F)(F)F)c1)c1c(F)cccc1Cl. The first-order valence-corrected chi connectivity index (χ1v) is 13.3. The summed E-state index contributed by atoms with van der Waals surface area (Å²) in [5.74, 6) is -1.84. The highest BCUT2D eigenvalue weighted by molar-refractivity contribution is 7.99. The van der Waals surface area contributed by atoms with E-state index in [1.54, 1.807) is 4.90 Å². The second-order valence-electron chi connectivity index (χ2n) is 8.77. The molecule has 0 atom stereocenters. The molecule has 4 aromatic rings. The van der Waals surface area contributed by atoms with Crippen molar-refractivity contribution < 1.29 is 27.2 Å². The van der Waals surface area contributed by atoms with E-state index in [1.807, 2.05) is 24.3 Å². The van der Waals surface area contributed by atoms with Gasteiger partial charge in [0.05, 0.1) is 34.1 Å². The lowest BCUT2D eigenvalue weighted by Crippen LogP contribution is -2.30. The fourth-order valence-corrected chi connectivity index (χ4v) is 5.45. The average molecular weight is 590 g/mol. The number of nitrogens with one attached hydrogen (secondary N) is 1. The topological polar surface area (TPSA) is 80.1 Å². The van der Waals surface area contributed by atoms with E-state index in [0.717, 1.165) is 47.6 Å². The van der Waals surface area contributed by atoms with Gasteiger partial charge in [-0.15, -0.1) is 10.2 Å². The molecule has 7 nitrogen and oxygen atoms in total. The lowest BCUT2D eigenvalue weighted by molar-refractivity contribution is -0.137. The molecule has 0 bridgehead atoms. The van der Waals surface area contributed by atoms with Gasteiger partial charge in [-0.05, 0) is 48.4 Å². The summed E-state index contributed by atoms with van der Waals surface area (Å²) < 4.78 is 56.0. The molecular formula is C27H20ClF4N5O2S. The Labute approximate surface area is 235 Å². The number of fused-ring (bicyclic) bond motifs is 1. The van der Waals surface area contributed by atoms with Crippen LogP contribution in [-0.4, -0.2) is 38.9 Å². The molecule has 0 fully saturated rings. The average Bonchev–Trinajstić information content (AvgIpc) is 3.54. The van der Waals surface area contributed by atoms with E-state index in [0.29, 0.717) is 6.54 Å². The predicted octanol–water partition coefficient (Wildman–Crippen LogP) is 5.69. The minimum atomic E-state index is -4.60. The van der Waals surface area contributed by atoms with Gasteiger partial charge in [0.25, 0.3) is 5.91 Å². The number of alkyl halides is 3. The Balaban J connectivity index is 1.41. The summed E-state index contributed by atoms with van der Waals surface area (Å²) in [5.41, 5.74) is 0.686. The number of hydrogen-bond acceptors (Lipinski definition) is 5. The summed E-state index contributed by atoms with van der Waals surface area (Å²) in [4.78, 5) is 27.4. The smallest absolute Gasteiger partial charge is 0.345 e. The van der Waals surface area contributed by atoms with Crippen LogP contribution in [0.4, 0.5) is 23.2 Å². The Morgan fingerprint density at radius 2 is 1.80 bits per heavy atom. The fourth-order valence-electron chi connectivity index (χ4n) is 4.35. The second kappa shape index (κ2) is 11.3. The number of hydrogen-bond donors (Lipinski definition) is 1. The summed E-state index contributed by atoms with van der Waals surface area (Å²) in [7, 11) is 0. The van der Waals surface area contributed by atoms with Crippen LogP contribution in [0.5, 0.6) is 0 Å². The van der Waals surface area contributed by atoms with Crippen LogP contribution >= 0.6 is 23.4 Å². The number of nitrogens with zero attached hydrogens (tertiary/aromatic N) is 4. The van der Waals surface area contributed by atoms with Gasteiger partial charge in [0.2, 0.25) is 5.91 Å². The lowest BCUT2D eigenvalue weighted by Gasteiger charge is -2.17. The Hall–Kier alpha value is -3.90. The van der Waals surface area contributed by atoms with Gasteiger partial charge in [0.1, 0.15) is 5.82 Å². The number of anilines is 1. The molecule has 0 spiro atoms. The van der Waals surface area contributed by atoms with Crippen LogP contribution in [0.15, 0.2) is 71.9 Å². The van der Waals surface area contributed by atoms with Crippen molar-refractivity contribution in [2.75, 3.05) is 17.2 Å². The summed E-state index contributed by atoms with van der Waals surface area (Å²) in [6.45, 7) is 0.218. The van der Waals surface area contributed by atoms with Gasteiger partial charge >= 0.3 is 6.18 Å². The number of thioether (sulfide) groups is 1. The summed E-state index contributed by atoms with van der Waals surface area (Å²) >= 11 is 6.98. The van der Waals surface area contributed by atoms with Crippen LogP contribution in [0, 0.1) is 5.82 Å². The quantitative estimate of drug-likeness (QED) is 0.221. The van der Waals surface area contributed by atoms with Crippen molar-refractivity contribution in [3.63, 3.8) is 0 Å². The van der Waals surface area contributed by atoms with Gasteiger partial charge in [-0.1, -0.05) is 53.7 Å². The van der Waals surface area contributed by atoms with Crippen molar-refractivity contribution >= 4 is 40.9 Å². The van der Waals surface area contributed by atoms with Crippen molar-refractivity contribution in [3.05, 3.63) is 100 Å². The second-order valence-corrected chi connectivity index (χ2v) is 10.1. The molecule has 0 aliphatic carbocycles. The molecule has 206 valence electrons. The summed E-state index contributed by atoms with van der Waals surface area (Å²) in [6, 6.07) is 15.9. The third kappa shape index (κ3) is 5.68. The fraction of sp³-hybridized carbons (Fsp3) is 0.185. The van der Waals surface area contributed by atoms with Crippen molar-refractivity contribution in [2.45, 2.75) is 24.3 Å². The molecule has 3 aromatic carbocycles. The van der Waals surface area contributed by atoms with E-state index in [4.69, 9.17) is 11.6 Å². The van der Waals surface area contributed by atoms with Crippen LogP contribution < -0.4 is 10.2 Å². The van der Waals surface area contributed by atoms with E-state index in [1.165, 1.54) is 28.8 Å². The van der Waals surface area contributed by atoms with E-state index in [2.05, 4.69) is 15.5 Å². The van der Waals surface area contributed by atoms with Gasteiger partial charge in [0, 0.05) is 12.2 Å². The number of aromatic nitrogens is 3. The first kappa shape index (κ1) is 27.7. The first-order valence-electron chi connectivity index (χ1n) is 12.0. The number of halogens is 5. The zero-order valence-electron chi connectivity index (χ0n) is 20.6. The van der Waals surface area contributed by atoms with Gasteiger partial charge in [-0.3, -0.25) is 14.2 Å². The Morgan fingerprint density at radius 1 is 1.02 bits per heavy atom. The van der Waals surface area contributed by atoms with Gasteiger partial charge in [-0.25, -0.2) is 4.39 Å². The largest absolute Gasteiger partial charge is 0.416 e. The van der Waals surface area contributed by atoms with E-state index in [9.17, 15) is 27.2 Å². The first-order chi connectivity index (χ1) is 19.1. The molecule has 1 aromatic heterocycles. The molecule has 1 N–H and O–H groups in total. The highest BCUT2D eigenvalue weighted by Gasteiger charge is 2.31. The molecule has 0 saturated carbocycles. The molecule has 5 rings (SSSR count). The Morgan fingerprint density at radius 3 is 2.58 bits per heavy atom. The number of carbonyl (C=O) groups is 2. The number of rotatable bonds is 7. The van der Waals surface area contributed by atoms with Gasteiger partial charge in [0.15, 0.2) is 11.0 Å². The number of carbonyl (C=O) groups excluding carboxylic acids is 2.